The van der Waals surface area contributed by atoms with E-state index < -0.39 is 0 Å². The highest BCUT2D eigenvalue weighted by molar-refractivity contribution is 6.31. The molecular formula is C33H25ClFN3O2. The van der Waals surface area contributed by atoms with Gasteiger partial charge in [-0.2, -0.15) is 0 Å². The SMILES string of the molecule is Cc1cc(/C=C/C(=O)Cc2ccc(F)cc2)cc(C=Nc2ccc(Nc3ccnc4cc(Cl)ccc34)cc2)c1O. The van der Waals surface area contributed by atoms with Gasteiger partial charge in [-0.1, -0.05) is 29.8 Å². The molecule has 1 heterocycles. The fraction of sp³-hybridized carbons (Fsp3) is 0.0606. The summed E-state index contributed by atoms with van der Waals surface area (Å²) in [6.07, 6.45) is 6.70. The number of fused-ring (bicyclic) bond motifs is 1. The molecule has 0 aliphatic rings. The Labute approximate surface area is 236 Å². The van der Waals surface area contributed by atoms with E-state index in [0.29, 0.717) is 21.8 Å². The van der Waals surface area contributed by atoms with Gasteiger partial charge >= 0.3 is 0 Å². The number of ketones is 1. The Morgan fingerprint density at radius 1 is 1.02 bits per heavy atom. The number of aromatic nitrogens is 1. The van der Waals surface area contributed by atoms with Crippen molar-refractivity contribution in [3.8, 4) is 5.75 Å². The first-order chi connectivity index (χ1) is 19.3. The van der Waals surface area contributed by atoms with Gasteiger partial charge < -0.3 is 10.4 Å². The summed E-state index contributed by atoms with van der Waals surface area (Å²) < 4.78 is 13.1. The molecule has 0 spiro atoms. The maximum atomic E-state index is 13.1. The van der Waals surface area contributed by atoms with Crippen molar-refractivity contribution in [2.24, 2.45) is 4.99 Å². The number of nitrogens with zero attached hydrogens (tertiary/aromatic N) is 2. The zero-order valence-corrected chi connectivity index (χ0v) is 22.4. The Bertz CT molecular complexity index is 1750. The summed E-state index contributed by atoms with van der Waals surface area (Å²) in [6, 6.07) is 24.5. The van der Waals surface area contributed by atoms with E-state index in [-0.39, 0.29) is 23.8 Å². The van der Waals surface area contributed by atoms with Gasteiger partial charge in [0.05, 0.1) is 11.2 Å². The second-order valence-corrected chi connectivity index (χ2v) is 9.77. The van der Waals surface area contributed by atoms with Crippen molar-refractivity contribution in [2.75, 3.05) is 5.32 Å². The molecule has 0 aliphatic carbocycles. The summed E-state index contributed by atoms with van der Waals surface area (Å²) in [5.41, 5.74) is 6.03. The number of carbonyl (C=O) groups excluding carboxylic acids is 1. The minimum absolute atomic E-state index is 0.107. The van der Waals surface area contributed by atoms with Crippen LogP contribution in [0.1, 0.15) is 22.3 Å². The Morgan fingerprint density at radius 2 is 1.80 bits per heavy atom. The number of phenols is 1. The maximum Gasteiger partial charge on any atom is 0.160 e. The van der Waals surface area contributed by atoms with Gasteiger partial charge in [-0.15, -0.1) is 0 Å². The van der Waals surface area contributed by atoms with Gasteiger partial charge in [-0.25, -0.2) is 4.39 Å². The molecule has 7 heteroatoms. The number of rotatable bonds is 8. The van der Waals surface area contributed by atoms with Gasteiger partial charge in [0.25, 0.3) is 0 Å². The molecule has 5 nitrogen and oxygen atoms in total. The average molecular weight is 550 g/mol. The molecule has 0 unspecified atom stereocenters. The number of aromatic hydroxyl groups is 1. The second-order valence-electron chi connectivity index (χ2n) is 9.33. The lowest BCUT2D eigenvalue weighted by Gasteiger charge is -2.10. The van der Waals surface area contributed by atoms with Crippen LogP contribution in [0.5, 0.6) is 5.75 Å². The highest BCUT2D eigenvalue weighted by atomic mass is 35.5. The molecule has 198 valence electrons. The molecule has 5 rings (SSSR count). The number of phenolic OH excluding ortho intramolecular Hbond substituents is 1. The van der Waals surface area contributed by atoms with Gasteiger partial charge in [0, 0.05) is 46.2 Å². The number of halogens is 2. The van der Waals surface area contributed by atoms with E-state index in [0.717, 1.165) is 33.4 Å². The normalized spacial score (nSPS) is 11.5. The maximum absolute atomic E-state index is 13.1. The van der Waals surface area contributed by atoms with Gasteiger partial charge in [0.15, 0.2) is 5.78 Å². The van der Waals surface area contributed by atoms with Crippen LogP contribution in [0.3, 0.4) is 0 Å². The van der Waals surface area contributed by atoms with E-state index in [1.54, 1.807) is 49.7 Å². The molecule has 40 heavy (non-hydrogen) atoms. The fourth-order valence-electron chi connectivity index (χ4n) is 4.24. The third kappa shape index (κ3) is 6.60. The number of anilines is 2. The summed E-state index contributed by atoms with van der Waals surface area (Å²) in [5.74, 6) is -0.316. The molecular weight excluding hydrogens is 525 g/mol. The summed E-state index contributed by atoms with van der Waals surface area (Å²) in [5, 5.41) is 15.6. The standard InChI is InChI=1S/C33H25ClFN3O2/c1-21-16-23(4-12-29(39)18-22-2-6-26(35)7-3-22)17-24(33(21)40)20-37-27-8-10-28(11-9-27)38-31-14-15-36-32-19-25(34)5-13-30(31)32/h2-17,19-20,40H,18H2,1H3,(H,36,38)/b12-4+,37-20?. The van der Waals surface area contributed by atoms with Crippen molar-refractivity contribution in [3.05, 3.63) is 130 Å². The van der Waals surface area contributed by atoms with Crippen LogP contribution in [-0.2, 0) is 11.2 Å². The fourth-order valence-corrected chi connectivity index (χ4v) is 4.41. The highest BCUT2D eigenvalue weighted by Crippen LogP contribution is 2.28. The summed E-state index contributed by atoms with van der Waals surface area (Å²) in [7, 11) is 0. The van der Waals surface area contributed by atoms with Crippen LogP contribution in [0.15, 0.2) is 102 Å². The Hall–Kier alpha value is -4.81. The number of hydrogen-bond donors (Lipinski definition) is 2. The first-order valence-electron chi connectivity index (χ1n) is 12.6. The Morgan fingerprint density at radius 3 is 2.58 bits per heavy atom. The predicted molar refractivity (Wildman–Crippen MR) is 161 cm³/mol. The molecule has 0 atom stereocenters. The minimum atomic E-state index is -0.335. The molecule has 0 aliphatic heterocycles. The lowest BCUT2D eigenvalue weighted by atomic mass is 10.0. The Balaban J connectivity index is 1.28. The first-order valence-corrected chi connectivity index (χ1v) is 13.0. The lowest BCUT2D eigenvalue weighted by Crippen LogP contribution is -1.98. The number of hydrogen-bond acceptors (Lipinski definition) is 5. The van der Waals surface area contributed by atoms with E-state index in [1.165, 1.54) is 18.2 Å². The predicted octanol–water partition coefficient (Wildman–Crippen LogP) is 8.36. The molecule has 5 aromatic rings. The van der Waals surface area contributed by atoms with Crippen LogP contribution in [0, 0.1) is 12.7 Å². The zero-order chi connectivity index (χ0) is 28.1. The lowest BCUT2D eigenvalue weighted by molar-refractivity contribution is -0.113. The van der Waals surface area contributed by atoms with Crippen LogP contribution >= 0.6 is 11.6 Å². The zero-order valence-electron chi connectivity index (χ0n) is 21.6. The number of nitrogens with one attached hydrogen (secondary N) is 1. The second kappa shape index (κ2) is 11.9. The van der Waals surface area contributed by atoms with Crippen molar-refractivity contribution in [2.45, 2.75) is 13.3 Å². The van der Waals surface area contributed by atoms with Crippen LogP contribution in [0.4, 0.5) is 21.5 Å². The molecule has 0 amide bonds. The van der Waals surface area contributed by atoms with Crippen molar-refractivity contribution in [1.29, 1.82) is 0 Å². The van der Waals surface area contributed by atoms with E-state index in [4.69, 9.17) is 11.6 Å². The van der Waals surface area contributed by atoms with Crippen molar-refractivity contribution < 1.29 is 14.3 Å². The third-order valence-corrected chi connectivity index (χ3v) is 6.54. The molecule has 0 bridgehead atoms. The molecule has 1 aromatic heterocycles. The first kappa shape index (κ1) is 26.8. The van der Waals surface area contributed by atoms with Gasteiger partial charge in [0.2, 0.25) is 0 Å². The largest absolute Gasteiger partial charge is 0.507 e. The number of allylic oxidation sites excluding steroid dienone is 1. The smallest absolute Gasteiger partial charge is 0.160 e. The minimum Gasteiger partial charge on any atom is -0.507 e. The number of aliphatic imine (C=N–C) groups is 1. The molecule has 4 aromatic carbocycles. The summed E-state index contributed by atoms with van der Waals surface area (Å²) in [4.78, 5) is 21.3. The molecule has 2 N–H and O–H groups in total. The van der Waals surface area contributed by atoms with Gasteiger partial charge in [-0.05, 0) is 102 Å². The average Bonchev–Trinajstić information content (AvgIpc) is 2.95. The van der Waals surface area contributed by atoms with Gasteiger partial charge in [-0.3, -0.25) is 14.8 Å². The van der Waals surface area contributed by atoms with E-state index >= 15 is 0 Å². The van der Waals surface area contributed by atoms with E-state index in [2.05, 4.69) is 15.3 Å². The van der Waals surface area contributed by atoms with Crippen molar-refractivity contribution >= 4 is 57.6 Å². The molecule has 0 saturated carbocycles. The number of carbonyl (C=O) groups is 1. The van der Waals surface area contributed by atoms with Gasteiger partial charge in [0.1, 0.15) is 11.6 Å². The van der Waals surface area contributed by atoms with Crippen LogP contribution in [0.25, 0.3) is 17.0 Å². The monoisotopic (exact) mass is 549 g/mol. The summed E-state index contributed by atoms with van der Waals surface area (Å²) >= 11 is 6.09. The topological polar surface area (TPSA) is 74.6 Å². The third-order valence-electron chi connectivity index (χ3n) is 6.31. The Kier molecular flexibility index (Phi) is 7.99. The van der Waals surface area contributed by atoms with E-state index in [9.17, 15) is 14.3 Å². The van der Waals surface area contributed by atoms with Crippen LogP contribution in [-0.4, -0.2) is 22.1 Å². The highest BCUT2D eigenvalue weighted by Gasteiger charge is 2.07. The van der Waals surface area contributed by atoms with E-state index in [1.807, 2.05) is 48.5 Å². The van der Waals surface area contributed by atoms with Crippen LogP contribution < -0.4 is 5.32 Å². The quantitative estimate of drug-likeness (QED) is 0.151. The number of benzene rings is 4. The van der Waals surface area contributed by atoms with Crippen molar-refractivity contribution in [1.82, 2.24) is 4.98 Å². The van der Waals surface area contributed by atoms with Crippen LogP contribution in [0.2, 0.25) is 5.02 Å². The molecule has 0 fully saturated rings. The number of pyridine rings is 1. The molecule has 0 radical (unpaired) electrons. The van der Waals surface area contributed by atoms with Crippen molar-refractivity contribution in [3.63, 3.8) is 0 Å². The number of aryl methyl sites for hydroxylation is 1. The molecule has 0 saturated heterocycles. The summed E-state index contributed by atoms with van der Waals surface area (Å²) in [6.45, 7) is 1.79.